The van der Waals surface area contributed by atoms with E-state index in [1.54, 1.807) is 11.3 Å². The highest BCUT2D eigenvalue weighted by atomic mass is 32.1. The fourth-order valence-electron chi connectivity index (χ4n) is 2.16. The van der Waals surface area contributed by atoms with E-state index >= 15 is 0 Å². The summed E-state index contributed by atoms with van der Waals surface area (Å²) >= 11 is 1.76. The normalized spacial score (nSPS) is 9.95. The van der Waals surface area contributed by atoms with E-state index in [0.717, 1.165) is 18.7 Å². The molecule has 0 aliphatic rings. The third-order valence-corrected chi connectivity index (χ3v) is 4.09. The SMILES string of the molecule is CCN(Cc1cc(C#CCN)cs1)c1ccccc1C. The molecule has 0 aliphatic heterocycles. The Morgan fingerprint density at radius 1 is 1.30 bits per heavy atom. The van der Waals surface area contributed by atoms with Crippen LogP contribution in [0.15, 0.2) is 35.7 Å². The molecule has 0 spiro atoms. The van der Waals surface area contributed by atoms with Crippen molar-refractivity contribution in [1.29, 1.82) is 0 Å². The van der Waals surface area contributed by atoms with Crippen molar-refractivity contribution < 1.29 is 0 Å². The van der Waals surface area contributed by atoms with E-state index in [1.807, 2.05) is 0 Å². The minimum absolute atomic E-state index is 0.412. The minimum Gasteiger partial charge on any atom is -0.366 e. The van der Waals surface area contributed by atoms with Gasteiger partial charge in [-0.15, -0.1) is 11.3 Å². The highest BCUT2D eigenvalue weighted by molar-refractivity contribution is 7.10. The Kier molecular flexibility index (Phi) is 5.23. The highest BCUT2D eigenvalue weighted by Gasteiger charge is 2.08. The third-order valence-electron chi connectivity index (χ3n) is 3.17. The number of aryl methyl sites for hydroxylation is 1. The first-order valence-electron chi connectivity index (χ1n) is 6.81. The Labute approximate surface area is 125 Å². The van der Waals surface area contributed by atoms with Crippen LogP contribution in [0.3, 0.4) is 0 Å². The number of rotatable bonds is 4. The molecular weight excluding hydrogens is 264 g/mol. The van der Waals surface area contributed by atoms with Gasteiger partial charge in [-0.2, -0.15) is 0 Å². The van der Waals surface area contributed by atoms with Crippen LogP contribution in [0.2, 0.25) is 0 Å². The topological polar surface area (TPSA) is 29.3 Å². The molecule has 2 N–H and O–H groups in total. The molecule has 0 bridgehead atoms. The first-order chi connectivity index (χ1) is 9.74. The molecule has 2 rings (SSSR count). The minimum atomic E-state index is 0.412. The monoisotopic (exact) mass is 284 g/mol. The summed E-state index contributed by atoms with van der Waals surface area (Å²) in [7, 11) is 0. The largest absolute Gasteiger partial charge is 0.366 e. The number of benzene rings is 1. The fraction of sp³-hybridized carbons (Fsp3) is 0.294. The van der Waals surface area contributed by atoms with Gasteiger partial charge in [0.1, 0.15) is 0 Å². The van der Waals surface area contributed by atoms with Crippen LogP contribution in [-0.4, -0.2) is 13.1 Å². The van der Waals surface area contributed by atoms with E-state index < -0.39 is 0 Å². The Balaban J connectivity index is 2.14. The quantitative estimate of drug-likeness (QED) is 0.872. The van der Waals surface area contributed by atoms with Crippen molar-refractivity contribution in [3.8, 4) is 11.8 Å². The van der Waals surface area contributed by atoms with Gasteiger partial charge >= 0.3 is 0 Å². The maximum atomic E-state index is 5.40. The molecule has 104 valence electrons. The zero-order valence-electron chi connectivity index (χ0n) is 12.0. The van der Waals surface area contributed by atoms with Crippen molar-refractivity contribution in [3.63, 3.8) is 0 Å². The maximum Gasteiger partial charge on any atom is 0.0555 e. The van der Waals surface area contributed by atoms with Gasteiger partial charge < -0.3 is 10.6 Å². The first kappa shape index (κ1) is 14.6. The van der Waals surface area contributed by atoms with Crippen molar-refractivity contribution >= 4 is 17.0 Å². The Morgan fingerprint density at radius 3 is 2.80 bits per heavy atom. The van der Waals surface area contributed by atoms with Crippen molar-refractivity contribution in [2.45, 2.75) is 20.4 Å². The fourth-order valence-corrected chi connectivity index (χ4v) is 2.99. The first-order valence-corrected chi connectivity index (χ1v) is 7.69. The second-order valence-electron chi connectivity index (χ2n) is 4.61. The van der Waals surface area contributed by atoms with Crippen LogP contribution < -0.4 is 10.6 Å². The predicted molar refractivity (Wildman–Crippen MR) is 88.2 cm³/mol. The number of thiophene rings is 1. The molecule has 0 saturated heterocycles. The van der Waals surface area contributed by atoms with Gasteiger partial charge in [0.25, 0.3) is 0 Å². The number of anilines is 1. The summed E-state index contributed by atoms with van der Waals surface area (Å²) in [5.74, 6) is 5.98. The molecule has 2 aromatic rings. The van der Waals surface area contributed by atoms with Crippen molar-refractivity contribution in [3.05, 3.63) is 51.7 Å². The summed E-state index contributed by atoms with van der Waals surface area (Å²) in [5.41, 5.74) is 9.08. The van der Waals surface area contributed by atoms with Crippen LogP contribution in [0.5, 0.6) is 0 Å². The predicted octanol–water partition coefficient (Wildman–Crippen LogP) is 3.39. The molecule has 0 saturated carbocycles. The van der Waals surface area contributed by atoms with Gasteiger partial charge in [0.05, 0.1) is 13.1 Å². The van der Waals surface area contributed by atoms with Crippen LogP contribution in [-0.2, 0) is 6.54 Å². The van der Waals surface area contributed by atoms with E-state index in [4.69, 9.17) is 5.73 Å². The number of para-hydroxylation sites is 1. The number of hydrogen-bond acceptors (Lipinski definition) is 3. The van der Waals surface area contributed by atoms with Crippen molar-refractivity contribution in [2.24, 2.45) is 5.73 Å². The van der Waals surface area contributed by atoms with Gasteiger partial charge in [-0.3, -0.25) is 0 Å². The molecule has 1 aromatic heterocycles. The van der Waals surface area contributed by atoms with Gasteiger partial charge in [0, 0.05) is 28.1 Å². The molecule has 0 fully saturated rings. The standard InChI is InChI=1S/C17H20N2S/c1-3-19(17-9-5-4-7-14(17)2)12-16-11-15(13-20-16)8-6-10-18/h4-5,7,9,11,13H,3,10,12,18H2,1-2H3. The molecule has 3 heteroatoms. The van der Waals surface area contributed by atoms with Crippen LogP contribution >= 0.6 is 11.3 Å². The molecule has 2 nitrogen and oxygen atoms in total. The van der Waals surface area contributed by atoms with E-state index in [-0.39, 0.29) is 0 Å². The van der Waals surface area contributed by atoms with Crippen LogP contribution in [0.25, 0.3) is 0 Å². The van der Waals surface area contributed by atoms with Gasteiger partial charge in [-0.1, -0.05) is 30.0 Å². The third kappa shape index (κ3) is 3.63. The summed E-state index contributed by atoms with van der Waals surface area (Å²) in [6.45, 7) is 6.68. The molecule has 0 radical (unpaired) electrons. The molecule has 0 unspecified atom stereocenters. The van der Waals surface area contributed by atoms with E-state index in [2.05, 4.69) is 66.3 Å². The second kappa shape index (κ2) is 7.14. The van der Waals surface area contributed by atoms with Crippen molar-refractivity contribution in [1.82, 2.24) is 0 Å². The lowest BCUT2D eigenvalue weighted by Crippen LogP contribution is -2.22. The lowest BCUT2D eigenvalue weighted by Gasteiger charge is -2.24. The van der Waals surface area contributed by atoms with Gasteiger partial charge in [-0.05, 0) is 31.5 Å². The number of nitrogens with zero attached hydrogens (tertiary/aromatic N) is 1. The molecule has 1 heterocycles. The van der Waals surface area contributed by atoms with E-state index in [9.17, 15) is 0 Å². The molecular formula is C17H20N2S. The van der Waals surface area contributed by atoms with Crippen LogP contribution in [0.1, 0.15) is 22.9 Å². The Bertz CT molecular complexity index is 619. The molecule has 0 aliphatic carbocycles. The highest BCUT2D eigenvalue weighted by Crippen LogP contribution is 2.23. The Hall–Kier alpha value is -1.76. The Morgan fingerprint density at radius 2 is 2.10 bits per heavy atom. The average Bonchev–Trinajstić information content (AvgIpc) is 2.91. The zero-order valence-corrected chi connectivity index (χ0v) is 12.8. The maximum absolute atomic E-state index is 5.40. The lowest BCUT2D eigenvalue weighted by atomic mass is 10.2. The number of hydrogen-bond donors (Lipinski definition) is 1. The summed E-state index contributed by atoms with van der Waals surface area (Å²) in [5, 5.41) is 2.10. The molecule has 20 heavy (non-hydrogen) atoms. The summed E-state index contributed by atoms with van der Waals surface area (Å²) < 4.78 is 0. The van der Waals surface area contributed by atoms with Crippen LogP contribution in [0.4, 0.5) is 5.69 Å². The average molecular weight is 284 g/mol. The molecule has 1 aromatic carbocycles. The van der Waals surface area contributed by atoms with Gasteiger partial charge in [0.2, 0.25) is 0 Å². The van der Waals surface area contributed by atoms with Gasteiger partial charge in [0.15, 0.2) is 0 Å². The number of nitrogens with two attached hydrogens (primary N) is 1. The lowest BCUT2D eigenvalue weighted by molar-refractivity contribution is 0.838. The zero-order chi connectivity index (χ0) is 14.4. The van der Waals surface area contributed by atoms with E-state index in [0.29, 0.717) is 6.54 Å². The summed E-state index contributed by atoms with van der Waals surface area (Å²) in [4.78, 5) is 3.72. The summed E-state index contributed by atoms with van der Waals surface area (Å²) in [6.07, 6.45) is 0. The molecule has 0 amide bonds. The van der Waals surface area contributed by atoms with E-state index in [1.165, 1.54) is 16.1 Å². The van der Waals surface area contributed by atoms with Crippen LogP contribution in [0, 0.1) is 18.8 Å². The van der Waals surface area contributed by atoms with Crippen molar-refractivity contribution in [2.75, 3.05) is 18.0 Å². The van der Waals surface area contributed by atoms with Gasteiger partial charge in [-0.25, -0.2) is 0 Å². The smallest absolute Gasteiger partial charge is 0.0555 e. The second-order valence-corrected chi connectivity index (χ2v) is 5.60. The summed E-state index contributed by atoms with van der Waals surface area (Å²) in [6, 6.07) is 10.7. The molecule has 0 atom stereocenters.